The Bertz CT molecular complexity index is 911. The maximum absolute atomic E-state index is 13.6. The summed E-state index contributed by atoms with van der Waals surface area (Å²) in [6.07, 6.45) is 2.56. The van der Waals surface area contributed by atoms with Crippen LogP contribution in [0.1, 0.15) is 17.4 Å². The lowest BCUT2D eigenvalue weighted by atomic mass is 10.2. The highest BCUT2D eigenvalue weighted by atomic mass is 19.1. The van der Waals surface area contributed by atoms with Crippen LogP contribution in [0.2, 0.25) is 0 Å². The molecule has 0 spiro atoms. The van der Waals surface area contributed by atoms with Crippen molar-refractivity contribution in [1.82, 2.24) is 9.97 Å². The molecule has 0 aliphatic rings. The quantitative estimate of drug-likeness (QED) is 0.682. The molecule has 0 unspecified atom stereocenters. The number of carbonyl (C=O) groups excluding carboxylic acids is 1. The third-order valence-corrected chi connectivity index (χ3v) is 3.52. The molecule has 0 radical (unpaired) electrons. The number of rotatable bonds is 6. The van der Waals surface area contributed by atoms with Crippen LogP contribution in [0.5, 0.6) is 5.75 Å². The third kappa shape index (κ3) is 4.55. The average Bonchev–Trinajstić information content (AvgIpc) is 2.67. The minimum Gasteiger partial charge on any atom is -0.494 e. The molecule has 6 nitrogen and oxygen atoms in total. The van der Waals surface area contributed by atoms with Gasteiger partial charge >= 0.3 is 0 Å². The predicted octanol–water partition coefficient (Wildman–Crippen LogP) is 4.15. The van der Waals surface area contributed by atoms with Gasteiger partial charge in [0.05, 0.1) is 19.0 Å². The van der Waals surface area contributed by atoms with E-state index in [0.717, 1.165) is 23.6 Å². The van der Waals surface area contributed by atoms with Crippen molar-refractivity contribution in [1.29, 1.82) is 0 Å². The van der Waals surface area contributed by atoms with Crippen LogP contribution in [0.25, 0.3) is 0 Å². The Balaban J connectivity index is 1.66. The summed E-state index contributed by atoms with van der Waals surface area (Å²) in [5, 5.41) is 5.18. The summed E-state index contributed by atoms with van der Waals surface area (Å²) in [4.78, 5) is 20.2. The lowest BCUT2D eigenvalue weighted by Crippen LogP contribution is -2.16. The Morgan fingerprint density at radius 3 is 2.33 bits per heavy atom. The smallest absolute Gasteiger partial charge is 0.276 e. The first-order valence-electron chi connectivity index (χ1n) is 8.14. The molecule has 0 fully saturated rings. The predicted molar refractivity (Wildman–Crippen MR) is 97.2 cm³/mol. The normalized spacial score (nSPS) is 10.3. The second-order valence-electron chi connectivity index (χ2n) is 5.42. The van der Waals surface area contributed by atoms with Crippen molar-refractivity contribution >= 4 is 23.1 Å². The van der Waals surface area contributed by atoms with Gasteiger partial charge in [0.25, 0.3) is 5.91 Å². The Morgan fingerprint density at radius 2 is 1.74 bits per heavy atom. The molecule has 0 aliphatic carbocycles. The summed E-state index contributed by atoms with van der Waals surface area (Å²) in [5.74, 6) is -1.34. The molecule has 0 saturated carbocycles. The van der Waals surface area contributed by atoms with Gasteiger partial charge in [-0.25, -0.2) is 18.7 Å². The first-order chi connectivity index (χ1) is 13.1. The molecule has 1 aromatic heterocycles. The number of carbonyl (C=O) groups is 1. The van der Waals surface area contributed by atoms with Gasteiger partial charge in [0.15, 0.2) is 0 Å². The number of amides is 1. The minimum absolute atomic E-state index is 0.0742. The van der Waals surface area contributed by atoms with Crippen molar-refractivity contribution in [3.63, 3.8) is 0 Å². The summed E-state index contributed by atoms with van der Waals surface area (Å²) in [7, 11) is 0. The van der Waals surface area contributed by atoms with Gasteiger partial charge in [-0.05, 0) is 43.3 Å². The standard InChI is InChI=1S/C19H16F2N4O2/c1-2-27-13-8-6-12(7-9-13)24-17-11-22-16(10-23-17)19(26)25-18-14(20)4-3-5-15(18)21/h3-11H,2H2,1H3,(H,23,24)(H,25,26). The highest BCUT2D eigenvalue weighted by Gasteiger charge is 2.14. The SMILES string of the molecule is CCOc1ccc(Nc2cnc(C(=O)Nc3c(F)cccc3F)cn2)cc1. The van der Waals surface area contributed by atoms with Gasteiger partial charge in [-0.1, -0.05) is 6.07 Å². The van der Waals surface area contributed by atoms with Crippen LogP contribution >= 0.6 is 0 Å². The van der Waals surface area contributed by atoms with Crippen LogP contribution in [0, 0.1) is 11.6 Å². The van der Waals surface area contributed by atoms with E-state index in [1.165, 1.54) is 18.5 Å². The summed E-state index contributed by atoms with van der Waals surface area (Å²) >= 11 is 0. The van der Waals surface area contributed by atoms with Crippen molar-refractivity contribution in [3.05, 3.63) is 72.2 Å². The molecule has 3 rings (SSSR count). The van der Waals surface area contributed by atoms with Crippen LogP contribution in [-0.2, 0) is 0 Å². The van der Waals surface area contributed by atoms with E-state index in [1.54, 1.807) is 0 Å². The number of anilines is 3. The number of para-hydroxylation sites is 1. The molecule has 138 valence electrons. The monoisotopic (exact) mass is 370 g/mol. The average molecular weight is 370 g/mol. The van der Waals surface area contributed by atoms with E-state index < -0.39 is 23.2 Å². The van der Waals surface area contributed by atoms with E-state index >= 15 is 0 Å². The number of aromatic nitrogens is 2. The molecule has 0 bridgehead atoms. The molecular weight excluding hydrogens is 354 g/mol. The fourth-order valence-electron chi connectivity index (χ4n) is 2.25. The Kier molecular flexibility index (Phi) is 5.55. The summed E-state index contributed by atoms with van der Waals surface area (Å²) < 4.78 is 32.6. The summed E-state index contributed by atoms with van der Waals surface area (Å²) in [6, 6.07) is 10.6. The van der Waals surface area contributed by atoms with Crippen LogP contribution < -0.4 is 15.4 Å². The van der Waals surface area contributed by atoms with Crippen LogP contribution in [-0.4, -0.2) is 22.5 Å². The largest absolute Gasteiger partial charge is 0.494 e. The fraction of sp³-hybridized carbons (Fsp3) is 0.105. The van der Waals surface area contributed by atoms with E-state index in [4.69, 9.17) is 4.74 Å². The number of hydrogen-bond donors (Lipinski definition) is 2. The van der Waals surface area contributed by atoms with Gasteiger partial charge in [0, 0.05) is 5.69 Å². The lowest BCUT2D eigenvalue weighted by Gasteiger charge is -2.09. The third-order valence-electron chi connectivity index (χ3n) is 3.52. The topological polar surface area (TPSA) is 76.1 Å². The molecule has 0 saturated heterocycles. The van der Waals surface area contributed by atoms with E-state index in [0.29, 0.717) is 12.4 Å². The Morgan fingerprint density at radius 1 is 1.04 bits per heavy atom. The number of nitrogens with zero attached hydrogens (tertiary/aromatic N) is 2. The van der Waals surface area contributed by atoms with Gasteiger partial charge in [0.2, 0.25) is 0 Å². The molecule has 1 heterocycles. The van der Waals surface area contributed by atoms with Crippen LogP contribution in [0.4, 0.5) is 26.0 Å². The van der Waals surface area contributed by atoms with Crippen molar-refractivity contribution in [2.75, 3.05) is 17.2 Å². The first kappa shape index (κ1) is 18.2. The summed E-state index contributed by atoms with van der Waals surface area (Å²) in [6.45, 7) is 2.48. The molecular formula is C19H16F2N4O2. The molecule has 2 aromatic carbocycles. The minimum atomic E-state index is -0.870. The second-order valence-corrected chi connectivity index (χ2v) is 5.42. The zero-order chi connectivity index (χ0) is 19.2. The fourth-order valence-corrected chi connectivity index (χ4v) is 2.25. The number of ether oxygens (including phenoxy) is 1. The maximum atomic E-state index is 13.6. The number of benzene rings is 2. The molecule has 2 N–H and O–H groups in total. The van der Waals surface area contributed by atoms with Crippen molar-refractivity contribution in [2.45, 2.75) is 6.92 Å². The lowest BCUT2D eigenvalue weighted by molar-refractivity contribution is 0.102. The maximum Gasteiger partial charge on any atom is 0.276 e. The van der Waals surface area contributed by atoms with Crippen LogP contribution in [0.3, 0.4) is 0 Å². The Hall–Kier alpha value is -3.55. The Labute approximate surface area is 154 Å². The number of nitrogens with one attached hydrogen (secondary N) is 2. The molecule has 0 aliphatic heterocycles. The first-order valence-corrected chi connectivity index (χ1v) is 8.14. The molecule has 1 amide bonds. The highest BCUT2D eigenvalue weighted by Crippen LogP contribution is 2.20. The second kappa shape index (κ2) is 8.22. The summed E-state index contributed by atoms with van der Waals surface area (Å²) in [5.41, 5.74) is 0.161. The van der Waals surface area contributed by atoms with E-state index in [-0.39, 0.29) is 5.69 Å². The van der Waals surface area contributed by atoms with Gasteiger partial charge < -0.3 is 15.4 Å². The van der Waals surface area contributed by atoms with Gasteiger partial charge in [-0.15, -0.1) is 0 Å². The highest BCUT2D eigenvalue weighted by molar-refractivity contribution is 6.02. The molecule has 0 atom stereocenters. The van der Waals surface area contributed by atoms with Gasteiger partial charge in [-0.3, -0.25) is 4.79 Å². The van der Waals surface area contributed by atoms with Crippen molar-refractivity contribution in [3.8, 4) is 5.75 Å². The molecule has 27 heavy (non-hydrogen) atoms. The van der Waals surface area contributed by atoms with Gasteiger partial charge in [-0.2, -0.15) is 0 Å². The zero-order valence-electron chi connectivity index (χ0n) is 14.4. The van der Waals surface area contributed by atoms with E-state index in [9.17, 15) is 13.6 Å². The molecule has 8 heteroatoms. The zero-order valence-corrected chi connectivity index (χ0v) is 14.4. The van der Waals surface area contributed by atoms with E-state index in [1.807, 2.05) is 31.2 Å². The van der Waals surface area contributed by atoms with Gasteiger partial charge in [0.1, 0.15) is 34.6 Å². The number of hydrogen-bond acceptors (Lipinski definition) is 5. The van der Waals surface area contributed by atoms with Crippen molar-refractivity contribution in [2.24, 2.45) is 0 Å². The van der Waals surface area contributed by atoms with Crippen LogP contribution in [0.15, 0.2) is 54.9 Å². The number of halogens is 2. The van der Waals surface area contributed by atoms with E-state index in [2.05, 4.69) is 20.6 Å². The van der Waals surface area contributed by atoms with Crippen molar-refractivity contribution < 1.29 is 18.3 Å². The molecule has 3 aromatic rings.